The van der Waals surface area contributed by atoms with Crippen LogP contribution in [0.1, 0.15) is 27.8 Å². The van der Waals surface area contributed by atoms with Crippen molar-refractivity contribution in [3.05, 3.63) is 69.8 Å². The number of nitrogens with zero attached hydrogens (tertiary/aromatic N) is 2. The number of aryl methyl sites for hydroxylation is 3. The van der Waals surface area contributed by atoms with E-state index < -0.39 is 0 Å². The molecule has 0 radical (unpaired) electrons. The van der Waals surface area contributed by atoms with Crippen molar-refractivity contribution in [1.82, 2.24) is 0 Å². The van der Waals surface area contributed by atoms with Crippen LogP contribution in [-0.2, 0) is 5.75 Å². The van der Waals surface area contributed by atoms with Crippen LogP contribution in [0.25, 0.3) is 6.08 Å². The lowest BCUT2D eigenvalue weighted by Crippen LogP contribution is -1.92. The fourth-order valence-electron chi connectivity index (χ4n) is 2.27. The van der Waals surface area contributed by atoms with E-state index in [1.165, 1.54) is 21.6 Å². The van der Waals surface area contributed by atoms with Crippen LogP contribution in [0.4, 0.5) is 0 Å². The van der Waals surface area contributed by atoms with Gasteiger partial charge in [0.05, 0.1) is 0 Å². The van der Waals surface area contributed by atoms with Gasteiger partial charge in [0, 0.05) is 10.6 Å². The molecule has 0 heterocycles. The van der Waals surface area contributed by atoms with Gasteiger partial charge in [-0.1, -0.05) is 29.8 Å². The molecule has 0 saturated carbocycles. The van der Waals surface area contributed by atoms with Crippen molar-refractivity contribution in [3.8, 4) is 12.1 Å². The number of rotatable bonds is 4. The summed E-state index contributed by atoms with van der Waals surface area (Å²) in [5, 5.41) is 17.9. The minimum atomic E-state index is 0.133. The summed E-state index contributed by atoms with van der Waals surface area (Å²) < 4.78 is 0. The summed E-state index contributed by atoms with van der Waals surface area (Å²) >= 11 is 1.79. The lowest BCUT2D eigenvalue weighted by Gasteiger charge is -2.10. The third-order valence-corrected chi connectivity index (χ3v) is 4.74. The third-order valence-electron chi connectivity index (χ3n) is 3.68. The first-order valence-corrected chi connectivity index (χ1v) is 8.33. The molecule has 0 amide bonds. The predicted octanol–water partition coefficient (Wildman–Crippen LogP) is 5.33. The normalized spacial score (nSPS) is 9.78. The molecule has 0 aliphatic rings. The molecule has 0 saturated heterocycles. The molecule has 2 aromatic rings. The molecule has 0 aromatic heterocycles. The van der Waals surface area contributed by atoms with Crippen LogP contribution in [0.3, 0.4) is 0 Å². The van der Waals surface area contributed by atoms with E-state index in [1.54, 1.807) is 17.8 Å². The SMILES string of the molecule is Cc1ccc(SCc2cc(C=C(C#N)C#N)c(C)cc2C)cc1. The summed E-state index contributed by atoms with van der Waals surface area (Å²) in [4.78, 5) is 1.24. The molecule has 3 heteroatoms. The Kier molecular flexibility index (Phi) is 5.63. The standard InChI is InChI=1S/C20H18N2S/c1-14-4-6-20(7-5-14)23-13-19-10-18(9-17(11-21)12-22)15(2)8-16(19)3/h4-10H,13H2,1-3H3. The average Bonchev–Trinajstić information content (AvgIpc) is 2.54. The maximum atomic E-state index is 8.93. The minimum Gasteiger partial charge on any atom is -0.192 e. The van der Waals surface area contributed by atoms with Gasteiger partial charge in [-0.05, 0) is 61.2 Å². The fourth-order valence-corrected chi connectivity index (χ4v) is 3.23. The van der Waals surface area contributed by atoms with E-state index in [1.807, 2.05) is 19.1 Å². The minimum absolute atomic E-state index is 0.133. The first-order chi connectivity index (χ1) is 11.0. The van der Waals surface area contributed by atoms with Crippen LogP contribution >= 0.6 is 11.8 Å². The molecule has 0 aliphatic heterocycles. The van der Waals surface area contributed by atoms with Gasteiger partial charge in [0.2, 0.25) is 0 Å². The molecule has 0 atom stereocenters. The molecule has 2 nitrogen and oxygen atoms in total. The van der Waals surface area contributed by atoms with Crippen molar-refractivity contribution >= 4 is 17.8 Å². The first kappa shape index (κ1) is 16.9. The predicted molar refractivity (Wildman–Crippen MR) is 95.9 cm³/mol. The number of benzene rings is 2. The fraction of sp³-hybridized carbons (Fsp3) is 0.200. The van der Waals surface area contributed by atoms with Crippen LogP contribution in [0.15, 0.2) is 46.9 Å². The Morgan fingerprint density at radius 3 is 2.26 bits per heavy atom. The highest BCUT2D eigenvalue weighted by molar-refractivity contribution is 7.98. The summed E-state index contributed by atoms with van der Waals surface area (Å²) in [6.45, 7) is 6.18. The van der Waals surface area contributed by atoms with E-state index in [2.05, 4.69) is 50.2 Å². The zero-order valence-electron chi connectivity index (χ0n) is 13.6. The lowest BCUT2D eigenvalue weighted by molar-refractivity contribution is 1.26. The molecule has 0 N–H and O–H groups in total. The second-order valence-corrected chi connectivity index (χ2v) is 6.57. The number of hydrogen-bond acceptors (Lipinski definition) is 3. The smallest absolute Gasteiger partial charge is 0.130 e. The van der Waals surface area contributed by atoms with Crippen LogP contribution in [0, 0.1) is 43.4 Å². The largest absolute Gasteiger partial charge is 0.192 e. The summed E-state index contributed by atoms with van der Waals surface area (Å²) in [5.41, 5.74) is 5.86. The third kappa shape index (κ3) is 4.49. The molecule has 0 bridgehead atoms. The first-order valence-electron chi connectivity index (χ1n) is 7.35. The zero-order valence-corrected chi connectivity index (χ0v) is 14.4. The number of nitriles is 2. The Hall–Kier alpha value is -2.49. The van der Waals surface area contributed by atoms with E-state index in [4.69, 9.17) is 10.5 Å². The highest BCUT2D eigenvalue weighted by Gasteiger charge is 2.06. The van der Waals surface area contributed by atoms with Gasteiger partial charge in [0.15, 0.2) is 0 Å². The Labute approximate surface area is 142 Å². The number of thioether (sulfide) groups is 1. The van der Waals surface area contributed by atoms with Gasteiger partial charge >= 0.3 is 0 Å². The molecule has 23 heavy (non-hydrogen) atoms. The van der Waals surface area contributed by atoms with Crippen LogP contribution in [0.2, 0.25) is 0 Å². The van der Waals surface area contributed by atoms with Crippen LogP contribution < -0.4 is 0 Å². The molecule has 0 aliphatic carbocycles. The molecule has 114 valence electrons. The highest BCUT2D eigenvalue weighted by Crippen LogP contribution is 2.27. The summed E-state index contributed by atoms with van der Waals surface area (Å²) in [6, 6.07) is 16.5. The monoisotopic (exact) mass is 318 g/mol. The lowest BCUT2D eigenvalue weighted by atomic mass is 9.99. The molecule has 0 spiro atoms. The quantitative estimate of drug-likeness (QED) is 0.565. The van der Waals surface area contributed by atoms with Gasteiger partial charge in [-0.2, -0.15) is 10.5 Å². The van der Waals surface area contributed by atoms with Crippen molar-refractivity contribution in [2.24, 2.45) is 0 Å². The second-order valence-electron chi connectivity index (χ2n) is 5.52. The Morgan fingerprint density at radius 2 is 1.65 bits per heavy atom. The molecular formula is C20H18N2S. The van der Waals surface area contributed by atoms with E-state index in [0.717, 1.165) is 16.9 Å². The van der Waals surface area contributed by atoms with E-state index in [9.17, 15) is 0 Å². The van der Waals surface area contributed by atoms with Crippen molar-refractivity contribution in [2.75, 3.05) is 0 Å². The second kappa shape index (κ2) is 7.68. The topological polar surface area (TPSA) is 47.6 Å². The van der Waals surface area contributed by atoms with Crippen molar-refractivity contribution in [1.29, 1.82) is 10.5 Å². The molecule has 2 aromatic carbocycles. The Bertz CT molecular complexity index is 802. The number of hydrogen-bond donors (Lipinski definition) is 0. The summed E-state index contributed by atoms with van der Waals surface area (Å²) in [5.74, 6) is 0.866. The Balaban J connectivity index is 2.25. The van der Waals surface area contributed by atoms with E-state index in [0.29, 0.717) is 0 Å². The van der Waals surface area contributed by atoms with Crippen molar-refractivity contribution in [3.63, 3.8) is 0 Å². The van der Waals surface area contributed by atoms with Crippen LogP contribution in [-0.4, -0.2) is 0 Å². The maximum Gasteiger partial charge on any atom is 0.130 e. The number of allylic oxidation sites excluding steroid dienone is 1. The maximum absolute atomic E-state index is 8.93. The highest BCUT2D eigenvalue weighted by atomic mass is 32.2. The Morgan fingerprint density at radius 1 is 1.00 bits per heavy atom. The van der Waals surface area contributed by atoms with Gasteiger partial charge in [-0.25, -0.2) is 0 Å². The van der Waals surface area contributed by atoms with E-state index >= 15 is 0 Å². The van der Waals surface area contributed by atoms with Gasteiger partial charge in [0.25, 0.3) is 0 Å². The summed E-state index contributed by atoms with van der Waals surface area (Å²) in [6.07, 6.45) is 1.66. The molecule has 0 unspecified atom stereocenters. The van der Waals surface area contributed by atoms with Gasteiger partial charge in [0.1, 0.15) is 17.7 Å². The van der Waals surface area contributed by atoms with Gasteiger partial charge in [-0.15, -0.1) is 11.8 Å². The van der Waals surface area contributed by atoms with Crippen molar-refractivity contribution < 1.29 is 0 Å². The van der Waals surface area contributed by atoms with E-state index in [-0.39, 0.29) is 5.57 Å². The average molecular weight is 318 g/mol. The molecular weight excluding hydrogens is 300 g/mol. The van der Waals surface area contributed by atoms with Gasteiger partial charge in [-0.3, -0.25) is 0 Å². The zero-order chi connectivity index (χ0) is 16.8. The summed E-state index contributed by atoms with van der Waals surface area (Å²) in [7, 11) is 0. The van der Waals surface area contributed by atoms with Crippen molar-refractivity contribution in [2.45, 2.75) is 31.4 Å². The van der Waals surface area contributed by atoms with Crippen LogP contribution in [0.5, 0.6) is 0 Å². The van der Waals surface area contributed by atoms with Gasteiger partial charge < -0.3 is 0 Å². The molecule has 0 fully saturated rings. The molecule has 2 rings (SSSR count).